The number of nitrogens with zero attached hydrogens (tertiary/aromatic N) is 1. The highest BCUT2D eigenvalue weighted by atomic mass is 16.3. The zero-order valence-electron chi connectivity index (χ0n) is 11.7. The Morgan fingerprint density at radius 1 is 1.33 bits per heavy atom. The van der Waals surface area contributed by atoms with E-state index in [2.05, 4.69) is 10.3 Å². The van der Waals surface area contributed by atoms with Crippen molar-refractivity contribution >= 4 is 5.91 Å². The number of aliphatic hydroxyl groups excluding tert-OH is 1. The van der Waals surface area contributed by atoms with Crippen LogP contribution in [0.25, 0.3) is 0 Å². The number of aliphatic hydroxyl groups is 1. The second-order valence-electron chi connectivity index (χ2n) is 4.92. The Bertz CT molecular complexity index is 643. The largest absolute Gasteiger partial charge is 0.391 e. The fourth-order valence-corrected chi connectivity index (χ4v) is 2.01. The van der Waals surface area contributed by atoms with E-state index in [1.807, 2.05) is 36.4 Å². The third-order valence-corrected chi connectivity index (χ3v) is 3.27. The molecule has 5 nitrogen and oxygen atoms in total. The molecule has 3 N–H and O–H groups in total. The van der Waals surface area contributed by atoms with Gasteiger partial charge in [-0.25, -0.2) is 0 Å². The number of aromatic amines is 1. The Balaban J connectivity index is 1.92. The molecule has 0 aliphatic carbocycles. The highest BCUT2D eigenvalue weighted by Gasteiger charge is 2.18. The van der Waals surface area contributed by atoms with Gasteiger partial charge in [0.15, 0.2) is 0 Å². The van der Waals surface area contributed by atoms with Crippen LogP contribution in [0.15, 0.2) is 42.5 Å². The van der Waals surface area contributed by atoms with Crippen molar-refractivity contribution in [3.8, 4) is 6.07 Å². The summed E-state index contributed by atoms with van der Waals surface area (Å²) in [7, 11) is 0. The van der Waals surface area contributed by atoms with Crippen molar-refractivity contribution in [2.45, 2.75) is 25.5 Å². The van der Waals surface area contributed by atoms with Crippen molar-refractivity contribution in [2.75, 3.05) is 0 Å². The van der Waals surface area contributed by atoms with Gasteiger partial charge in [0, 0.05) is 6.42 Å². The fourth-order valence-electron chi connectivity index (χ4n) is 2.01. The molecule has 0 aliphatic heterocycles. The number of carbonyl (C=O) groups is 1. The summed E-state index contributed by atoms with van der Waals surface area (Å²) in [5, 5.41) is 21.6. The van der Waals surface area contributed by atoms with E-state index >= 15 is 0 Å². The minimum Gasteiger partial charge on any atom is -0.391 e. The molecule has 0 radical (unpaired) electrons. The lowest BCUT2D eigenvalue weighted by Crippen LogP contribution is -2.42. The van der Waals surface area contributed by atoms with Gasteiger partial charge >= 0.3 is 0 Å². The van der Waals surface area contributed by atoms with Crippen molar-refractivity contribution < 1.29 is 9.90 Å². The SMILES string of the molecule is CC(NC(=O)c1ccc(C#N)[nH]1)C(O)Cc1ccccc1. The molecule has 2 aromatic rings. The topological polar surface area (TPSA) is 88.9 Å². The van der Waals surface area contributed by atoms with E-state index in [1.54, 1.807) is 19.1 Å². The molecule has 1 amide bonds. The first-order valence-corrected chi connectivity index (χ1v) is 6.72. The number of benzene rings is 1. The summed E-state index contributed by atoms with van der Waals surface area (Å²) in [6.07, 6.45) is -0.210. The van der Waals surface area contributed by atoms with Crippen molar-refractivity contribution in [1.82, 2.24) is 10.3 Å². The summed E-state index contributed by atoms with van der Waals surface area (Å²) in [5.74, 6) is -0.337. The Morgan fingerprint density at radius 2 is 2.05 bits per heavy atom. The number of carbonyl (C=O) groups excluding carboxylic acids is 1. The first-order chi connectivity index (χ1) is 10.1. The molecule has 1 aromatic carbocycles. The van der Waals surface area contributed by atoms with Gasteiger partial charge in [-0.05, 0) is 24.6 Å². The molecule has 2 unspecified atom stereocenters. The number of nitriles is 1. The standard InChI is InChI=1S/C16H17N3O2/c1-11(15(20)9-12-5-3-2-4-6-12)18-16(21)14-8-7-13(10-17)19-14/h2-8,11,15,19-20H,9H2,1H3,(H,18,21). The normalized spacial score (nSPS) is 13.2. The average Bonchev–Trinajstić information content (AvgIpc) is 2.97. The molecular formula is C16H17N3O2. The minimum atomic E-state index is -0.679. The molecule has 0 saturated heterocycles. The number of H-pyrrole nitrogens is 1. The summed E-state index contributed by atoms with van der Waals surface area (Å²) in [6, 6.07) is 14.2. The maximum absolute atomic E-state index is 12.0. The van der Waals surface area contributed by atoms with Gasteiger partial charge in [-0.3, -0.25) is 4.79 Å². The van der Waals surface area contributed by atoms with Crippen LogP contribution < -0.4 is 5.32 Å². The number of rotatable bonds is 5. The van der Waals surface area contributed by atoms with E-state index in [4.69, 9.17) is 5.26 Å². The minimum absolute atomic E-state index is 0.310. The molecular weight excluding hydrogens is 266 g/mol. The number of amides is 1. The predicted octanol–water partition coefficient (Wildman–Crippen LogP) is 1.61. The van der Waals surface area contributed by atoms with Gasteiger partial charge in [0.2, 0.25) is 0 Å². The van der Waals surface area contributed by atoms with Gasteiger partial charge in [-0.15, -0.1) is 0 Å². The van der Waals surface area contributed by atoms with E-state index in [1.165, 1.54) is 0 Å². The number of hydrogen-bond acceptors (Lipinski definition) is 3. The van der Waals surface area contributed by atoms with Gasteiger partial charge in [0.05, 0.1) is 12.1 Å². The quantitative estimate of drug-likeness (QED) is 0.778. The van der Waals surface area contributed by atoms with Crippen LogP contribution in [0.4, 0.5) is 0 Å². The van der Waals surface area contributed by atoms with Crippen molar-refractivity contribution in [3.63, 3.8) is 0 Å². The van der Waals surface area contributed by atoms with Crippen LogP contribution in [-0.4, -0.2) is 28.1 Å². The Morgan fingerprint density at radius 3 is 2.67 bits per heavy atom. The molecule has 1 heterocycles. The van der Waals surface area contributed by atoms with Crippen LogP contribution in [0.3, 0.4) is 0 Å². The molecule has 0 spiro atoms. The van der Waals surface area contributed by atoms with Gasteiger partial charge in [0.25, 0.3) is 5.91 Å². The lowest BCUT2D eigenvalue weighted by atomic mass is 10.0. The first kappa shape index (κ1) is 14.8. The summed E-state index contributed by atoms with van der Waals surface area (Å²) < 4.78 is 0. The maximum atomic E-state index is 12.0. The van der Waals surface area contributed by atoms with E-state index in [0.717, 1.165) is 5.56 Å². The van der Waals surface area contributed by atoms with Crippen LogP contribution in [0, 0.1) is 11.3 Å². The van der Waals surface area contributed by atoms with E-state index in [0.29, 0.717) is 17.8 Å². The van der Waals surface area contributed by atoms with Crippen molar-refractivity contribution in [3.05, 3.63) is 59.4 Å². The number of aromatic nitrogens is 1. The zero-order chi connectivity index (χ0) is 15.2. The lowest BCUT2D eigenvalue weighted by molar-refractivity contribution is 0.0847. The highest BCUT2D eigenvalue weighted by Crippen LogP contribution is 2.07. The lowest BCUT2D eigenvalue weighted by Gasteiger charge is -2.20. The maximum Gasteiger partial charge on any atom is 0.268 e. The van der Waals surface area contributed by atoms with Crippen LogP contribution in [0.5, 0.6) is 0 Å². The Labute approximate surface area is 123 Å². The first-order valence-electron chi connectivity index (χ1n) is 6.72. The zero-order valence-corrected chi connectivity index (χ0v) is 11.7. The van der Waals surface area contributed by atoms with Gasteiger partial charge in [0.1, 0.15) is 17.5 Å². The molecule has 0 saturated carbocycles. The van der Waals surface area contributed by atoms with Crippen LogP contribution in [0.2, 0.25) is 0 Å². The summed E-state index contributed by atoms with van der Waals surface area (Å²) >= 11 is 0. The molecule has 2 rings (SSSR count). The third-order valence-electron chi connectivity index (χ3n) is 3.27. The predicted molar refractivity (Wildman–Crippen MR) is 78.6 cm³/mol. The van der Waals surface area contributed by atoms with E-state index in [9.17, 15) is 9.90 Å². The number of nitrogens with one attached hydrogen (secondary N) is 2. The van der Waals surface area contributed by atoms with Gasteiger partial charge in [-0.2, -0.15) is 5.26 Å². The van der Waals surface area contributed by atoms with E-state index < -0.39 is 12.1 Å². The Hall–Kier alpha value is -2.58. The second-order valence-corrected chi connectivity index (χ2v) is 4.92. The average molecular weight is 283 g/mol. The second kappa shape index (κ2) is 6.73. The van der Waals surface area contributed by atoms with E-state index in [-0.39, 0.29) is 5.91 Å². The molecule has 0 bridgehead atoms. The molecule has 0 aliphatic rings. The smallest absolute Gasteiger partial charge is 0.268 e. The molecule has 5 heteroatoms. The summed E-state index contributed by atoms with van der Waals surface area (Å²) in [5.41, 5.74) is 1.65. The molecule has 1 aromatic heterocycles. The number of hydrogen-bond donors (Lipinski definition) is 3. The third kappa shape index (κ3) is 3.94. The monoisotopic (exact) mass is 283 g/mol. The molecule has 2 atom stereocenters. The van der Waals surface area contributed by atoms with Crippen LogP contribution in [-0.2, 0) is 6.42 Å². The van der Waals surface area contributed by atoms with Gasteiger partial charge in [-0.1, -0.05) is 30.3 Å². The molecule has 21 heavy (non-hydrogen) atoms. The molecule has 108 valence electrons. The fraction of sp³-hybridized carbons (Fsp3) is 0.250. The van der Waals surface area contributed by atoms with Crippen molar-refractivity contribution in [1.29, 1.82) is 5.26 Å². The molecule has 0 fully saturated rings. The highest BCUT2D eigenvalue weighted by molar-refractivity contribution is 5.92. The Kier molecular flexibility index (Phi) is 4.75. The van der Waals surface area contributed by atoms with Gasteiger partial charge < -0.3 is 15.4 Å². The van der Waals surface area contributed by atoms with Crippen LogP contribution in [0.1, 0.15) is 28.7 Å². The van der Waals surface area contributed by atoms with Crippen LogP contribution >= 0.6 is 0 Å². The van der Waals surface area contributed by atoms with Crippen molar-refractivity contribution in [2.24, 2.45) is 0 Å². The summed E-state index contributed by atoms with van der Waals surface area (Å²) in [4.78, 5) is 14.7. The summed E-state index contributed by atoms with van der Waals surface area (Å²) in [6.45, 7) is 1.75.